The molecule has 3 rings (SSSR count). The maximum Gasteiger partial charge on any atom is 0.261 e. The number of hydrogen-bond donors (Lipinski definition) is 1. The first kappa shape index (κ1) is 18.3. The Morgan fingerprint density at radius 1 is 1.19 bits per heavy atom. The average Bonchev–Trinajstić information content (AvgIpc) is 2.62. The molecule has 2 aromatic carbocycles. The van der Waals surface area contributed by atoms with Crippen molar-refractivity contribution in [3.05, 3.63) is 48.0 Å². The van der Waals surface area contributed by atoms with Gasteiger partial charge in [0.05, 0.1) is 11.5 Å². The van der Waals surface area contributed by atoms with Crippen LogP contribution in [0.1, 0.15) is 25.8 Å². The number of benzene rings is 2. The SMILES string of the molecule is CCOc1ccc(NS(=O)(=O)c2ccc3c(c2)CCCN3C(C)=O)cc1. The van der Waals surface area contributed by atoms with Gasteiger partial charge < -0.3 is 9.64 Å². The van der Waals surface area contributed by atoms with Gasteiger partial charge in [0, 0.05) is 24.8 Å². The minimum Gasteiger partial charge on any atom is -0.494 e. The molecule has 1 aliphatic rings. The van der Waals surface area contributed by atoms with Crippen LogP contribution in [-0.2, 0) is 21.2 Å². The molecule has 26 heavy (non-hydrogen) atoms. The van der Waals surface area contributed by atoms with Crippen molar-refractivity contribution in [2.75, 3.05) is 22.8 Å². The van der Waals surface area contributed by atoms with Gasteiger partial charge in [-0.1, -0.05) is 0 Å². The molecular weight excluding hydrogens is 352 g/mol. The van der Waals surface area contributed by atoms with Gasteiger partial charge in [-0.3, -0.25) is 9.52 Å². The Labute approximate surface area is 153 Å². The standard InChI is InChI=1S/C19H22N2O4S/c1-3-25-17-8-6-16(7-9-17)20-26(23,24)18-10-11-19-15(13-18)5-4-12-21(19)14(2)22/h6-11,13,20H,3-5,12H2,1-2H3. The summed E-state index contributed by atoms with van der Waals surface area (Å²) in [6.07, 6.45) is 1.58. The van der Waals surface area contributed by atoms with E-state index < -0.39 is 10.0 Å². The monoisotopic (exact) mass is 374 g/mol. The molecule has 7 heteroatoms. The molecule has 138 valence electrons. The highest BCUT2D eigenvalue weighted by Crippen LogP contribution is 2.30. The fourth-order valence-electron chi connectivity index (χ4n) is 3.07. The molecule has 1 N–H and O–H groups in total. The molecule has 0 fully saturated rings. The molecular formula is C19H22N2O4S. The number of carbonyl (C=O) groups excluding carboxylic acids is 1. The van der Waals surface area contributed by atoms with Crippen LogP contribution in [-0.4, -0.2) is 27.5 Å². The van der Waals surface area contributed by atoms with Crippen molar-refractivity contribution in [2.24, 2.45) is 0 Å². The smallest absolute Gasteiger partial charge is 0.261 e. The molecule has 1 heterocycles. The number of hydrogen-bond acceptors (Lipinski definition) is 4. The minimum absolute atomic E-state index is 0.0333. The predicted molar refractivity (Wildman–Crippen MR) is 101 cm³/mol. The van der Waals surface area contributed by atoms with Crippen LogP contribution in [0.15, 0.2) is 47.4 Å². The number of fused-ring (bicyclic) bond motifs is 1. The first-order valence-electron chi connectivity index (χ1n) is 8.57. The fourth-order valence-corrected chi connectivity index (χ4v) is 4.18. The zero-order chi connectivity index (χ0) is 18.7. The second-order valence-electron chi connectivity index (χ2n) is 6.13. The van der Waals surface area contributed by atoms with E-state index in [9.17, 15) is 13.2 Å². The van der Waals surface area contributed by atoms with Gasteiger partial charge in [-0.25, -0.2) is 8.42 Å². The summed E-state index contributed by atoms with van der Waals surface area (Å²) in [6.45, 7) is 4.63. The highest BCUT2D eigenvalue weighted by molar-refractivity contribution is 7.92. The second-order valence-corrected chi connectivity index (χ2v) is 7.81. The van der Waals surface area contributed by atoms with E-state index in [1.165, 1.54) is 13.0 Å². The molecule has 1 aliphatic heterocycles. The van der Waals surface area contributed by atoms with Crippen LogP contribution in [0.5, 0.6) is 5.75 Å². The lowest BCUT2D eigenvalue weighted by atomic mass is 10.0. The summed E-state index contributed by atoms with van der Waals surface area (Å²) in [5.74, 6) is 0.655. The van der Waals surface area contributed by atoms with E-state index in [0.717, 1.165) is 24.1 Å². The van der Waals surface area contributed by atoms with E-state index in [1.807, 2.05) is 6.92 Å². The Bertz CT molecular complexity index is 908. The number of nitrogens with one attached hydrogen (secondary N) is 1. The highest BCUT2D eigenvalue weighted by Gasteiger charge is 2.23. The number of nitrogens with zero attached hydrogens (tertiary/aromatic N) is 1. The molecule has 1 amide bonds. The number of aryl methyl sites for hydroxylation is 1. The van der Waals surface area contributed by atoms with E-state index in [0.29, 0.717) is 24.6 Å². The molecule has 2 aromatic rings. The summed E-state index contributed by atoms with van der Waals surface area (Å²) < 4.78 is 33.3. The molecule has 0 atom stereocenters. The first-order chi connectivity index (χ1) is 12.4. The lowest BCUT2D eigenvalue weighted by Crippen LogP contribution is -2.33. The minimum atomic E-state index is -3.70. The Hall–Kier alpha value is -2.54. The van der Waals surface area contributed by atoms with E-state index in [4.69, 9.17) is 4.74 Å². The van der Waals surface area contributed by atoms with Crippen LogP contribution in [0.25, 0.3) is 0 Å². The summed E-state index contributed by atoms with van der Waals surface area (Å²) in [6, 6.07) is 11.7. The highest BCUT2D eigenvalue weighted by atomic mass is 32.2. The lowest BCUT2D eigenvalue weighted by molar-refractivity contribution is -0.116. The van der Waals surface area contributed by atoms with Crippen LogP contribution >= 0.6 is 0 Å². The third-order valence-electron chi connectivity index (χ3n) is 4.28. The van der Waals surface area contributed by atoms with E-state index in [-0.39, 0.29) is 10.8 Å². The Balaban J connectivity index is 1.84. The third-order valence-corrected chi connectivity index (χ3v) is 5.66. The van der Waals surface area contributed by atoms with Crippen LogP contribution in [0, 0.1) is 0 Å². The average molecular weight is 374 g/mol. The van der Waals surface area contributed by atoms with Gasteiger partial charge in [0.15, 0.2) is 0 Å². The fraction of sp³-hybridized carbons (Fsp3) is 0.316. The van der Waals surface area contributed by atoms with Crippen LogP contribution in [0.3, 0.4) is 0 Å². The van der Waals surface area contributed by atoms with Crippen LogP contribution < -0.4 is 14.4 Å². The number of rotatable bonds is 5. The van der Waals surface area contributed by atoms with Crippen molar-refractivity contribution in [1.82, 2.24) is 0 Å². The van der Waals surface area contributed by atoms with Crippen molar-refractivity contribution in [2.45, 2.75) is 31.6 Å². The zero-order valence-electron chi connectivity index (χ0n) is 14.9. The van der Waals surface area contributed by atoms with Gasteiger partial charge in [-0.05, 0) is 67.8 Å². The molecule has 0 aliphatic carbocycles. The molecule has 6 nitrogen and oxygen atoms in total. The number of ether oxygens (including phenoxy) is 1. The summed E-state index contributed by atoms with van der Waals surface area (Å²) in [4.78, 5) is 13.6. The molecule has 0 unspecified atom stereocenters. The van der Waals surface area contributed by atoms with Gasteiger partial charge in [0.25, 0.3) is 10.0 Å². The molecule has 0 saturated carbocycles. The largest absolute Gasteiger partial charge is 0.494 e. The van der Waals surface area contributed by atoms with E-state index in [2.05, 4.69) is 4.72 Å². The van der Waals surface area contributed by atoms with Crippen molar-refractivity contribution >= 4 is 27.3 Å². The Morgan fingerprint density at radius 2 is 1.92 bits per heavy atom. The zero-order valence-corrected chi connectivity index (χ0v) is 15.7. The summed E-state index contributed by atoms with van der Waals surface area (Å²) in [5, 5.41) is 0. The van der Waals surface area contributed by atoms with Gasteiger partial charge >= 0.3 is 0 Å². The maximum absolute atomic E-state index is 12.7. The Morgan fingerprint density at radius 3 is 2.58 bits per heavy atom. The molecule has 0 bridgehead atoms. The Kier molecular flexibility index (Phi) is 5.18. The van der Waals surface area contributed by atoms with Crippen LogP contribution in [0.4, 0.5) is 11.4 Å². The number of anilines is 2. The van der Waals surface area contributed by atoms with Gasteiger partial charge in [0.2, 0.25) is 5.91 Å². The molecule has 0 radical (unpaired) electrons. The first-order valence-corrected chi connectivity index (χ1v) is 10.1. The summed E-state index contributed by atoms with van der Waals surface area (Å²) >= 11 is 0. The summed E-state index contributed by atoms with van der Waals surface area (Å²) in [7, 11) is -3.70. The van der Waals surface area contributed by atoms with Crippen molar-refractivity contribution in [3.63, 3.8) is 0 Å². The molecule has 0 saturated heterocycles. The molecule has 0 spiro atoms. The number of sulfonamides is 1. The van der Waals surface area contributed by atoms with Crippen molar-refractivity contribution in [1.29, 1.82) is 0 Å². The third kappa shape index (κ3) is 3.83. The second kappa shape index (κ2) is 7.37. The van der Waals surface area contributed by atoms with E-state index >= 15 is 0 Å². The quantitative estimate of drug-likeness (QED) is 0.872. The van der Waals surface area contributed by atoms with Crippen molar-refractivity contribution in [3.8, 4) is 5.75 Å². The normalized spacial score (nSPS) is 13.8. The number of carbonyl (C=O) groups is 1. The van der Waals surface area contributed by atoms with E-state index in [1.54, 1.807) is 41.3 Å². The summed E-state index contributed by atoms with van der Waals surface area (Å²) in [5.41, 5.74) is 2.14. The number of amides is 1. The van der Waals surface area contributed by atoms with Gasteiger partial charge in [-0.2, -0.15) is 0 Å². The lowest BCUT2D eigenvalue weighted by Gasteiger charge is -2.28. The van der Waals surface area contributed by atoms with Gasteiger partial charge in [0.1, 0.15) is 5.75 Å². The van der Waals surface area contributed by atoms with Crippen LogP contribution in [0.2, 0.25) is 0 Å². The van der Waals surface area contributed by atoms with Gasteiger partial charge in [-0.15, -0.1) is 0 Å². The topological polar surface area (TPSA) is 75.7 Å². The predicted octanol–water partition coefficient (Wildman–Crippen LogP) is 3.19. The van der Waals surface area contributed by atoms with Crippen molar-refractivity contribution < 1.29 is 17.9 Å². The maximum atomic E-state index is 12.7. The molecule has 0 aromatic heterocycles.